The van der Waals surface area contributed by atoms with E-state index in [0.717, 1.165) is 12.8 Å². The summed E-state index contributed by atoms with van der Waals surface area (Å²) < 4.78 is 0. The lowest BCUT2D eigenvalue weighted by atomic mass is 9.75. The van der Waals surface area contributed by atoms with Crippen LogP contribution < -0.4 is 11.1 Å². The standard InChI is InChI=1S/C15H22N2O/c1-15(2)9-3-4-13(10-15)17-14(18)11-5-7-12(16)8-6-11/h5-8,13H,3-4,9-10,16H2,1-2H3,(H,17,18). The molecule has 0 heterocycles. The van der Waals surface area contributed by atoms with Crippen molar-refractivity contribution in [3.05, 3.63) is 29.8 Å². The summed E-state index contributed by atoms with van der Waals surface area (Å²) in [6.07, 6.45) is 4.60. The van der Waals surface area contributed by atoms with E-state index in [0.29, 0.717) is 22.7 Å². The molecule has 1 aromatic carbocycles. The first kappa shape index (κ1) is 12.9. The molecule has 3 nitrogen and oxygen atoms in total. The Bertz CT molecular complexity index is 423. The van der Waals surface area contributed by atoms with Gasteiger partial charge in [0.1, 0.15) is 0 Å². The fourth-order valence-corrected chi connectivity index (χ4v) is 2.72. The predicted molar refractivity (Wildman–Crippen MR) is 74.4 cm³/mol. The van der Waals surface area contributed by atoms with Crippen molar-refractivity contribution in [2.75, 3.05) is 5.73 Å². The van der Waals surface area contributed by atoms with Gasteiger partial charge in [0, 0.05) is 17.3 Å². The van der Waals surface area contributed by atoms with Crippen molar-refractivity contribution in [3.8, 4) is 0 Å². The van der Waals surface area contributed by atoms with Crippen LogP contribution in [0.15, 0.2) is 24.3 Å². The van der Waals surface area contributed by atoms with Gasteiger partial charge in [-0.25, -0.2) is 0 Å². The summed E-state index contributed by atoms with van der Waals surface area (Å²) in [5.41, 5.74) is 7.33. The highest BCUT2D eigenvalue weighted by atomic mass is 16.1. The van der Waals surface area contributed by atoms with Gasteiger partial charge in [-0.15, -0.1) is 0 Å². The van der Waals surface area contributed by atoms with Crippen LogP contribution in [-0.2, 0) is 0 Å². The lowest BCUT2D eigenvalue weighted by Gasteiger charge is -2.35. The molecule has 3 N–H and O–H groups in total. The highest BCUT2D eigenvalue weighted by molar-refractivity contribution is 5.94. The topological polar surface area (TPSA) is 55.1 Å². The maximum Gasteiger partial charge on any atom is 0.251 e. The van der Waals surface area contributed by atoms with E-state index in [1.807, 2.05) is 0 Å². The molecule has 0 bridgehead atoms. The van der Waals surface area contributed by atoms with Crippen molar-refractivity contribution in [2.45, 2.75) is 45.6 Å². The minimum atomic E-state index is 0.0118. The van der Waals surface area contributed by atoms with Crippen LogP contribution in [0.2, 0.25) is 0 Å². The van der Waals surface area contributed by atoms with E-state index in [4.69, 9.17) is 5.73 Å². The molecule has 98 valence electrons. The number of nitrogen functional groups attached to an aromatic ring is 1. The molecule has 1 atom stereocenters. The number of carbonyl (C=O) groups excluding carboxylic acids is 1. The number of nitrogens with two attached hydrogens (primary N) is 1. The average molecular weight is 246 g/mol. The zero-order chi connectivity index (χ0) is 13.2. The third-order valence-corrected chi connectivity index (χ3v) is 3.71. The summed E-state index contributed by atoms with van der Waals surface area (Å²) in [5.74, 6) is 0.0118. The van der Waals surface area contributed by atoms with Gasteiger partial charge in [0.25, 0.3) is 5.91 Å². The van der Waals surface area contributed by atoms with E-state index in [-0.39, 0.29) is 5.91 Å². The number of benzene rings is 1. The second-order valence-electron chi connectivity index (χ2n) is 6.05. The van der Waals surface area contributed by atoms with Crippen molar-refractivity contribution < 1.29 is 4.79 Å². The van der Waals surface area contributed by atoms with Crippen LogP contribution >= 0.6 is 0 Å². The molecule has 0 aliphatic heterocycles. The van der Waals surface area contributed by atoms with E-state index in [1.165, 1.54) is 12.8 Å². The molecule has 0 spiro atoms. The minimum absolute atomic E-state index is 0.0118. The van der Waals surface area contributed by atoms with E-state index < -0.39 is 0 Å². The molecule has 1 amide bonds. The molecule has 1 aliphatic rings. The fraction of sp³-hybridized carbons (Fsp3) is 0.533. The third-order valence-electron chi connectivity index (χ3n) is 3.71. The monoisotopic (exact) mass is 246 g/mol. The van der Waals surface area contributed by atoms with Crippen LogP contribution in [0.1, 0.15) is 49.9 Å². The second kappa shape index (κ2) is 5.01. The van der Waals surface area contributed by atoms with Crippen molar-refractivity contribution in [2.24, 2.45) is 5.41 Å². The third kappa shape index (κ3) is 3.25. The first-order chi connectivity index (χ1) is 8.46. The zero-order valence-corrected chi connectivity index (χ0v) is 11.2. The number of hydrogen-bond donors (Lipinski definition) is 2. The van der Waals surface area contributed by atoms with Crippen molar-refractivity contribution >= 4 is 11.6 Å². The number of anilines is 1. The maximum atomic E-state index is 12.1. The predicted octanol–water partition coefficient (Wildman–Crippen LogP) is 2.97. The average Bonchev–Trinajstić information content (AvgIpc) is 2.28. The normalized spacial score (nSPS) is 22.4. The van der Waals surface area contributed by atoms with E-state index in [2.05, 4.69) is 19.2 Å². The summed E-state index contributed by atoms with van der Waals surface area (Å²) >= 11 is 0. The van der Waals surface area contributed by atoms with Crippen molar-refractivity contribution in [1.82, 2.24) is 5.32 Å². The van der Waals surface area contributed by atoms with Gasteiger partial charge >= 0.3 is 0 Å². The molecule has 0 radical (unpaired) electrons. The fourth-order valence-electron chi connectivity index (χ4n) is 2.72. The quantitative estimate of drug-likeness (QED) is 0.788. The van der Waals surface area contributed by atoms with Gasteiger partial charge < -0.3 is 11.1 Å². The van der Waals surface area contributed by atoms with Crippen LogP contribution in [0.5, 0.6) is 0 Å². The molecular weight excluding hydrogens is 224 g/mol. The molecule has 0 aromatic heterocycles. The van der Waals surface area contributed by atoms with Gasteiger partial charge in [0.05, 0.1) is 0 Å². The number of amides is 1. The summed E-state index contributed by atoms with van der Waals surface area (Å²) in [6, 6.07) is 7.38. The van der Waals surface area contributed by atoms with Crippen LogP contribution in [0.3, 0.4) is 0 Å². The Morgan fingerprint density at radius 2 is 2.00 bits per heavy atom. The molecule has 1 saturated carbocycles. The molecule has 18 heavy (non-hydrogen) atoms. The Hall–Kier alpha value is -1.51. The molecule has 2 rings (SSSR count). The second-order valence-corrected chi connectivity index (χ2v) is 6.05. The summed E-state index contributed by atoms with van der Waals surface area (Å²) in [6.45, 7) is 4.54. The van der Waals surface area contributed by atoms with Gasteiger partial charge in [0.2, 0.25) is 0 Å². The smallest absolute Gasteiger partial charge is 0.251 e. The van der Waals surface area contributed by atoms with Crippen LogP contribution in [-0.4, -0.2) is 11.9 Å². The van der Waals surface area contributed by atoms with Crippen LogP contribution in [0.4, 0.5) is 5.69 Å². The molecule has 3 heteroatoms. The van der Waals surface area contributed by atoms with Gasteiger partial charge in [-0.3, -0.25) is 4.79 Å². The van der Waals surface area contributed by atoms with Crippen LogP contribution in [0.25, 0.3) is 0 Å². The zero-order valence-electron chi connectivity index (χ0n) is 11.2. The van der Waals surface area contributed by atoms with Crippen molar-refractivity contribution in [3.63, 3.8) is 0 Å². The number of hydrogen-bond acceptors (Lipinski definition) is 2. The summed E-state index contributed by atoms with van der Waals surface area (Å²) in [5, 5.41) is 3.13. The summed E-state index contributed by atoms with van der Waals surface area (Å²) in [4.78, 5) is 12.1. The Morgan fingerprint density at radius 1 is 1.33 bits per heavy atom. The van der Waals surface area contributed by atoms with E-state index in [1.54, 1.807) is 24.3 Å². The van der Waals surface area contributed by atoms with Gasteiger partial charge in [-0.05, 0) is 48.9 Å². The molecule has 1 aliphatic carbocycles. The van der Waals surface area contributed by atoms with Crippen molar-refractivity contribution in [1.29, 1.82) is 0 Å². The first-order valence-electron chi connectivity index (χ1n) is 6.63. The Balaban J connectivity index is 1.97. The van der Waals surface area contributed by atoms with Gasteiger partial charge in [-0.2, -0.15) is 0 Å². The number of carbonyl (C=O) groups is 1. The van der Waals surface area contributed by atoms with Crippen LogP contribution in [0, 0.1) is 5.41 Å². The molecule has 1 aromatic rings. The lowest BCUT2D eigenvalue weighted by molar-refractivity contribution is 0.0902. The summed E-state index contributed by atoms with van der Waals surface area (Å²) in [7, 11) is 0. The Morgan fingerprint density at radius 3 is 2.61 bits per heavy atom. The number of rotatable bonds is 2. The Kier molecular flexibility index (Phi) is 3.60. The Labute approximate surface area is 109 Å². The maximum absolute atomic E-state index is 12.1. The van der Waals surface area contributed by atoms with E-state index in [9.17, 15) is 4.79 Å². The SMILES string of the molecule is CC1(C)CCCC(NC(=O)c2ccc(N)cc2)C1. The molecular formula is C15H22N2O. The molecule has 1 unspecified atom stereocenters. The van der Waals surface area contributed by atoms with Gasteiger partial charge in [0.15, 0.2) is 0 Å². The van der Waals surface area contributed by atoms with E-state index >= 15 is 0 Å². The highest BCUT2D eigenvalue weighted by Gasteiger charge is 2.28. The lowest BCUT2D eigenvalue weighted by Crippen LogP contribution is -2.40. The minimum Gasteiger partial charge on any atom is -0.399 e. The number of nitrogens with one attached hydrogen (secondary N) is 1. The molecule has 0 saturated heterocycles. The molecule has 1 fully saturated rings. The largest absolute Gasteiger partial charge is 0.399 e. The highest BCUT2D eigenvalue weighted by Crippen LogP contribution is 2.35. The van der Waals surface area contributed by atoms with Gasteiger partial charge in [-0.1, -0.05) is 20.3 Å². The first-order valence-corrected chi connectivity index (χ1v) is 6.63.